The van der Waals surface area contributed by atoms with Crippen LogP contribution in [0.4, 0.5) is 11.4 Å². The van der Waals surface area contributed by atoms with Crippen LogP contribution < -0.4 is 35.9 Å². The number of carbonyl (C=O) groups is 3. The number of hydrogen-bond donors (Lipinski definition) is 3. The number of benzene rings is 2. The molecule has 3 amide bonds. The SMILES string of the molecule is COCCNC(=O)[C@H](c1ccc(OC)cc1)N(C(=O)c1snc(C(N)=O)c1N)c1ccc2c(c1)OCO2. The van der Waals surface area contributed by atoms with Gasteiger partial charge < -0.3 is 35.7 Å². The van der Waals surface area contributed by atoms with Crippen LogP contribution in [0.1, 0.15) is 31.8 Å². The van der Waals surface area contributed by atoms with Gasteiger partial charge in [0.05, 0.1) is 19.4 Å². The lowest BCUT2D eigenvalue weighted by Crippen LogP contribution is -2.44. The Balaban J connectivity index is 1.86. The van der Waals surface area contributed by atoms with Gasteiger partial charge in [-0.15, -0.1) is 0 Å². The molecule has 12 nitrogen and oxygen atoms in total. The molecule has 13 heteroatoms. The maximum atomic E-state index is 14.0. The monoisotopic (exact) mass is 527 g/mol. The van der Waals surface area contributed by atoms with Crippen LogP contribution in [0.15, 0.2) is 42.5 Å². The summed E-state index contributed by atoms with van der Waals surface area (Å²) in [7, 11) is 3.04. The third-order valence-electron chi connectivity index (χ3n) is 5.55. The first-order valence-corrected chi connectivity index (χ1v) is 11.8. The molecule has 0 saturated carbocycles. The van der Waals surface area contributed by atoms with Crippen LogP contribution in [0.25, 0.3) is 0 Å². The van der Waals surface area contributed by atoms with Gasteiger partial charge in [0.2, 0.25) is 12.7 Å². The van der Waals surface area contributed by atoms with E-state index in [2.05, 4.69) is 9.69 Å². The first-order chi connectivity index (χ1) is 17.8. The van der Waals surface area contributed by atoms with Crippen molar-refractivity contribution in [3.8, 4) is 17.2 Å². The van der Waals surface area contributed by atoms with E-state index < -0.39 is 23.8 Å². The van der Waals surface area contributed by atoms with Gasteiger partial charge in [0, 0.05) is 25.4 Å². The Labute approximate surface area is 216 Å². The topological polar surface area (TPSA) is 168 Å². The van der Waals surface area contributed by atoms with Crippen molar-refractivity contribution in [1.29, 1.82) is 0 Å². The van der Waals surface area contributed by atoms with Crippen molar-refractivity contribution in [3.05, 3.63) is 58.6 Å². The van der Waals surface area contributed by atoms with Crippen LogP contribution in [-0.4, -0.2) is 56.3 Å². The Hall–Kier alpha value is -4.36. The average Bonchev–Trinajstić information content (AvgIpc) is 3.53. The highest BCUT2D eigenvalue weighted by molar-refractivity contribution is 7.09. The number of primary amides is 1. The molecule has 1 aromatic heterocycles. The number of methoxy groups -OCH3 is 2. The molecule has 5 N–H and O–H groups in total. The summed E-state index contributed by atoms with van der Waals surface area (Å²) in [5.74, 6) is -0.545. The summed E-state index contributed by atoms with van der Waals surface area (Å²) >= 11 is 0.718. The number of anilines is 2. The van der Waals surface area contributed by atoms with Crippen molar-refractivity contribution in [2.24, 2.45) is 5.73 Å². The highest BCUT2D eigenvalue weighted by Crippen LogP contribution is 2.39. The number of fused-ring (bicyclic) bond motifs is 1. The van der Waals surface area contributed by atoms with E-state index in [9.17, 15) is 14.4 Å². The lowest BCUT2D eigenvalue weighted by atomic mass is 10.0. The Kier molecular flexibility index (Phi) is 7.74. The smallest absolute Gasteiger partial charge is 0.273 e. The lowest BCUT2D eigenvalue weighted by molar-refractivity contribution is -0.122. The first-order valence-electron chi connectivity index (χ1n) is 11.0. The quantitative estimate of drug-likeness (QED) is 0.332. The summed E-state index contributed by atoms with van der Waals surface area (Å²) in [6.45, 7) is 0.498. The van der Waals surface area contributed by atoms with Crippen LogP contribution in [0.2, 0.25) is 0 Å². The van der Waals surface area contributed by atoms with Gasteiger partial charge in [0.15, 0.2) is 17.2 Å². The summed E-state index contributed by atoms with van der Waals surface area (Å²) in [4.78, 5) is 40.6. The van der Waals surface area contributed by atoms with Crippen LogP contribution in [-0.2, 0) is 9.53 Å². The van der Waals surface area contributed by atoms with Crippen molar-refractivity contribution in [3.63, 3.8) is 0 Å². The number of nitrogens with two attached hydrogens (primary N) is 2. The van der Waals surface area contributed by atoms with Gasteiger partial charge in [-0.1, -0.05) is 12.1 Å². The zero-order valence-corrected chi connectivity index (χ0v) is 20.9. The molecule has 2 heterocycles. The minimum Gasteiger partial charge on any atom is -0.497 e. The highest BCUT2D eigenvalue weighted by atomic mass is 32.1. The van der Waals surface area contributed by atoms with Crippen molar-refractivity contribution in [2.45, 2.75) is 6.04 Å². The summed E-state index contributed by atoms with van der Waals surface area (Å²) in [5, 5.41) is 2.80. The van der Waals surface area contributed by atoms with Crippen LogP contribution in [0, 0.1) is 0 Å². The lowest BCUT2D eigenvalue weighted by Gasteiger charge is -2.31. The molecule has 1 aliphatic rings. The largest absolute Gasteiger partial charge is 0.497 e. The first kappa shape index (κ1) is 25.7. The number of nitrogens with zero attached hydrogens (tertiary/aromatic N) is 2. The van der Waals surface area contributed by atoms with Crippen molar-refractivity contribution >= 4 is 40.6 Å². The summed E-state index contributed by atoms with van der Waals surface area (Å²) < 4.78 is 25.1. The molecule has 0 bridgehead atoms. The molecule has 0 radical (unpaired) electrons. The van der Waals surface area contributed by atoms with Gasteiger partial charge in [-0.05, 0) is 41.4 Å². The standard InChI is InChI=1S/C24H25N5O7S/c1-33-10-9-27-23(31)20(13-3-6-15(34-2)7-4-13)29(14-5-8-16-17(11-14)36-12-35-16)24(32)21-18(25)19(22(26)30)28-37-21/h3-8,11,20H,9-10,12,25H2,1-2H3,(H2,26,30)(H,27,31)/t20-/m0/s1. The van der Waals surface area contributed by atoms with Crippen LogP contribution >= 0.6 is 11.5 Å². The van der Waals surface area contributed by atoms with Gasteiger partial charge >= 0.3 is 0 Å². The van der Waals surface area contributed by atoms with Crippen molar-refractivity contribution in [1.82, 2.24) is 9.69 Å². The number of amides is 3. The van der Waals surface area contributed by atoms with Gasteiger partial charge in [-0.2, -0.15) is 4.37 Å². The van der Waals surface area contributed by atoms with E-state index in [-0.39, 0.29) is 36.2 Å². The van der Waals surface area contributed by atoms with Gasteiger partial charge in [-0.25, -0.2) is 0 Å². The second kappa shape index (κ2) is 11.1. The Morgan fingerprint density at radius 1 is 1.14 bits per heavy atom. The van der Waals surface area contributed by atoms with E-state index in [1.165, 1.54) is 19.1 Å². The molecule has 3 aromatic rings. The average molecular weight is 528 g/mol. The third-order valence-corrected chi connectivity index (χ3v) is 6.40. The Morgan fingerprint density at radius 3 is 2.51 bits per heavy atom. The molecular formula is C24H25N5O7S. The van der Waals surface area contributed by atoms with E-state index >= 15 is 0 Å². The molecule has 0 aliphatic carbocycles. The van der Waals surface area contributed by atoms with Crippen molar-refractivity contribution < 1.29 is 33.3 Å². The maximum Gasteiger partial charge on any atom is 0.273 e. The van der Waals surface area contributed by atoms with Crippen molar-refractivity contribution in [2.75, 3.05) is 44.8 Å². The molecule has 1 aliphatic heterocycles. The minimum atomic E-state index is -1.16. The second-order valence-corrected chi connectivity index (χ2v) is 8.58. The van der Waals surface area contributed by atoms with E-state index in [1.807, 2.05) is 0 Å². The van der Waals surface area contributed by atoms with Gasteiger partial charge in [0.1, 0.15) is 16.7 Å². The Bertz CT molecular complexity index is 1310. The second-order valence-electron chi connectivity index (χ2n) is 7.81. The number of nitrogens with one attached hydrogen (secondary N) is 1. The predicted octanol–water partition coefficient (Wildman–Crippen LogP) is 1.71. The Morgan fingerprint density at radius 2 is 1.86 bits per heavy atom. The molecule has 0 unspecified atom stereocenters. The summed E-state index contributed by atoms with van der Waals surface area (Å²) in [6, 6.07) is 10.4. The fourth-order valence-corrected chi connectivity index (χ4v) is 4.48. The zero-order valence-electron chi connectivity index (χ0n) is 20.1. The molecule has 1 atom stereocenters. The number of hydrogen-bond acceptors (Lipinski definition) is 10. The molecule has 194 valence electrons. The number of ether oxygens (including phenoxy) is 4. The molecular weight excluding hydrogens is 502 g/mol. The maximum absolute atomic E-state index is 14.0. The molecule has 0 fully saturated rings. The fourth-order valence-electron chi connectivity index (χ4n) is 3.73. The molecule has 0 spiro atoms. The van der Waals surface area contributed by atoms with Gasteiger partial charge in [0.25, 0.3) is 11.8 Å². The molecule has 0 saturated heterocycles. The van der Waals surface area contributed by atoms with Crippen LogP contribution in [0.5, 0.6) is 17.2 Å². The normalized spacial score (nSPS) is 12.6. The highest BCUT2D eigenvalue weighted by Gasteiger charge is 2.36. The number of nitrogen functional groups attached to an aromatic ring is 1. The van der Waals surface area contributed by atoms with Gasteiger partial charge in [-0.3, -0.25) is 19.3 Å². The predicted molar refractivity (Wildman–Crippen MR) is 135 cm³/mol. The number of carbonyl (C=O) groups excluding carboxylic acids is 3. The molecule has 2 aromatic carbocycles. The van der Waals surface area contributed by atoms with E-state index in [0.717, 1.165) is 11.5 Å². The van der Waals surface area contributed by atoms with E-state index in [4.69, 9.17) is 30.4 Å². The molecule has 4 rings (SSSR count). The fraction of sp³-hybridized carbons (Fsp3) is 0.250. The van der Waals surface area contributed by atoms with Crippen LogP contribution in [0.3, 0.4) is 0 Å². The van der Waals surface area contributed by atoms with E-state index in [0.29, 0.717) is 28.5 Å². The summed E-state index contributed by atoms with van der Waals surface area (Å²) in [6.07, 6.45) is 0. The number of rotatable bonds is 10. The minimum absolute atomic E-state index is 0.0237. The summed E-state index contributed by atoms with van der Waals surface area (Å²) in [5.41, 5.74) is 11.9. The zero-order chi connectivity index (χ0) is 26.5. The third kappa shape index (κ3) is 5.27. The number of aromatic nitrogens is 1. The molecule has 37 heavy (non-hydrogen) atoms. The van der Waals surface area contributed by atoms with E-state index in [1.54, 1.807) is 42.5 Å².